The van der Waals surface area contributed by atoms with Crippen LogP contribution in [-0.2, 0) is 91.8 Å². The number of carbonyl (C=O) groups excluding carboxylic acids is 4. The van der Waals surface area contributed by atoms with Crippen molar-refractivity contribution < 1.29 is 151 Å². The van der Waals surface area contributed by atoms with E-state index in [4.69, 9.17) is 39.0 Å². The number of fused-ring (bicyclic) bond motifs is 2. The molecule has 14 atom stereocenters. The summed E-state index contributed by atoms with van der Waals surface area (Å²) in [6, 6.07) is 0. The van der Waals surface area contributed by atoms with Gasteiger partial charge in [0.2, 0.25) is 23.6 Å². The van der Waals surface area contributed by atoms with Crippen molar-refractivity contribution in [1.29, 1.82) is 0 Å². The fourth-order valence-corrected chi connectivity index (χ4v) is 15.9. The molecule has 62 heteroatoms. The third kappa shape index (κ3) is 33.6. The van der Waals surface area contributed by atoms with Crippen molar-refractivity contribution in [1.82, 2.24) is 60.3 Å². The molecular weight excluding hydrogens is 1520 g/mol. The quantitative estimate of drug-likeness (QED) is 0.00856. The summed E-state index contributed by atoms with van der Waals surface area (Å²) in [6.45, 7) is 0.354. The van der Waals surface area contributed by atoms with Crippen LogP contribution in [-0.4, -0.2) is 386 Å². The second-order valence-corrected chi connectivity index (χ2v) is 33.0. The summed E-state index contributed by atoms with van der Waals surface area (Å²) < 4.78 is 125. The zero-order chi connectivity index (χ0) is 71.6. The van der Waals surface area contributed by atoms with Crippen LogP contribution in [0.1, 0.15) is 53.0 Å². The van der Waals surface area contributed by atoms with E-state index in [1.807, 2.05) is 0 Å². The minimum Gasteiger partial charge on any atom is -0.386 e. The van der Waals surface area contributed by atoms with Gasteiger partial charge in [0.05, 0.1) is 39.1 Å². The van der Waals surface area contributed by atoms with E-state index in [2.05, 4.69) is 68.8 Å². The monoisotopic (exact) mass is 1590 g/mol. The van der Waals surface area contributed by atoms with E-state index in [1.54, 1.807) is 0 Å². The zero-order valence-corrected chi connectivity index (χ0v) is 65.3. The van der Waals surface area contributed by atoms with Crippen molar-refractivity contribution in [2.75, 3.05) is 75.6 Å². The van der Waals surface area contributed by atoms with Crippen LogP contribution in [0, 0.1) is 10.8 Å². The van der Waals surface area contributed by atoms with Crippen LogP contribution >= 0.6 is 68.5 Å². The molecule has 0 aromatic carbocycles. The Bertz CT molecular complexity index is 3490. The van der Waals surface area contributed by atoms with E-state index < -0.39 is 169 Å². The second kappa shape index (κ2) is 46.8. The van der Waals surface area contributed by atoms with E-state index in [-0.39, 0.29) is 224 Å². The molecule has 4 aromatic heterocycles. The molecule has 20 N–H and O–H groups in total. The van der Waals surface area contributed by atoms with Gasteiger partial charge in [-0.3, -0.25) is 55.5 Å². The molecule has 104 heavy (non-hydrogen) atoms. The number of hydrogen-bond acceptors (Lipinski definition) is 34. The van der Waals surface area contributed by atoms with Crippen LogP contribution in [0.5, 0.6) is 0 Å². The van der Waals surface area contributed by atoms with Gasteiger partial charge >= 0.3 is 46.9 Å². The number of aliphatic hydroxyl groups excluding tert-OH is 4. The number of aromatic nitrogens is 8. The first-order chi connectivity index (χ1) is 44.4. The second-order valence-electron chi connectivity index (χ2n) is 21.8. The normalized spacial score (nSPS) is 21.7. The number of nitrogen functional groups attached to an aromatic ring is 2. The summed E-state index contributed by atoms with van der Waals surface area (Å²) >= 11 is 0. The smallest absolute Gasteiger partial charge is 0.386 e. The van der Waals surface area contributed by atoms with Crippen molar-refractivity contribution >= 4 is 277 Å². The molecule has 46 nitrogen and oxygen atoms in total. The average Bonchev–Trinajstić information content (AvgIpc) is 1.62. The predicted octanol–water partition coefficient (Wildman–Crippen LogP) is -5.84. The van der Waals surface area contributed by atoms with Gasteiger partial charge in [-0.2, -0.15) is 8.62 Å². The molecule has 0 aliphatic carbocycles. The average molecular weight is 1590 g/mol. The number of anilines is 2. The van der Waals surface area contributed by atoms with E-state index >= 15 is 0 Å². The molecule has 2 aliphatic heterocycles. The Labute approximate surface area is 695 Å². The van der Waals surface area contributed by atoms with Crippen LogP contribution in [0.3, 0.4) is 0 Å². The Kier molecular flexibility index (Phi) is 48.9. The largest absolute Gasteiger partial charge is 0.481 e. The van der Waals surface area contributed by atoms with Crippen LogP contribution < -0.4 is 32.7 Å². The SMILES string of the molecule is CC(C)(COP(=O)(O)OP(=O)(O)OC[C@H]1O[C@@H](n2cnc3c(N)ncnc32)[C@H](O)[C@@H]1OP(=O)(O)O)[C@@H](O)C(=O)NCCC(=O)NCCSSCCNC(=O)CCNC(=O)[C@H](O)C(C)(C)COP(=O)(O)OP(=O)(O)OC[C@H]1O[C@@H](n2cnc3c(N)ncnc32)[C@H](O)[C@@H]1OP(=O)(O)O.[Li].[Li].[Li].[Li].[Li].[Li].[Li].[Li]. The van der Waals surface area contributed by atoms with Crippen molar-refractivity contribution in [2.45, 2.75) is 102 Å². The number of nitrogens with two attached hydrogens (primary N) is 2. The fourth-order valence-electron chi connectivity index (χ4n) is 8.46. The Hall–Kier alpha value is 0.559. The van der Waals surface area contributed by atoms with Gasteiger partial charge in [-0.1, -0.05) is 49.3 Å². The number of rotatable bonds is 39. The van der Waals surface area contributed by atoms with Gasteiger partial charge in [-0.15, -0.1) is 0 Å². The van der Waals surface area contributed by atoms with Crippen LogP contribution in [0.2, 0.25) is 0 Å². The number of ether oxygens (including phenoxy) is 2. The molecule has 6 heterocycles. The first-order valence-electron chi connectivity index (χ1n) is 27.4. The molecule has 2 fully saturated rings. The van der Waals surface area contributed by atoms with E-state index in [0.717, 1.165) is 34.4 Å². The topological polar surface area (TPSA) is 693 Å². The van der Waals surface area contributed by atoms with Gasteiger partial charge in [0.1, 0.15) is 72.5 Å². The van der Waals surface area contributed by atoms with Gasteiger partial charge in [-0.25, -0.2) is 57.3 Å². The minimum atomic E-state index is -5.65. The molecule has 0 spiro atoms. The van der Waals surface area contributed by atoms with Crippen molar-refractivity contribution in [3.8, 4) is 0 Å². The Morgan fingerprint density at radius 2 is 0.837 bits per heavy atom. The van der Waals surface area contributed by atoms with Gasteiger partial charge in [-0.05, 0) is 0 Å². The molecule has 550 valence electrons. The number of hydrogen-bond donors (Lipinski definition) is 18. The number of carbonyl (C=O) groups is 4. The van der Waals surface area contributed by atoms with Crippen LogP contribution in [0.25, 0.3) is 22.3 Å². The number of phosphoric acid groups is 6. The van der Waals surface area contributed by atoms with Crippen LogP contribution in [0.4, 0.5) is 11.6 Å². The Morgan fingerprint density at radius 3 is 1.15 bits per heavy atom. The van der Waals surface area contributed by atoms with E-state index in [0.29, 0.717) is 11.5 Å². The zero-order valence-electron chi connectivity index (χ0n) is 58.3. The molecule has 0 bridgehead atoms. The third-order valence-electron chi connectivity index (χ3n) is 13.3. The maximum atomic E-state index is 12.8. The maximum Gasteiger partial charge on any atom is 0.481 e. The number of amides is 4. The molecule has 4 unspecified atom stereocenters. The standard InChI is InChI=1S/C42H70N14O32P6S2.8Li/c1-41(2,15-81-93(75,76)87-91(71,72)79-13-21-29(85-89(65,66)67)27(59)39(83-21)55-19-53-25-33(43)49-17-51-35(25)55)31(61)37(63)47-7-5-23(57)45-9-11-95-96-12-10-46-24(58)6-8-48-38(64)32(62)42(3,4)16-82-94(77,78)88-92(73,74)80-14-22-30(86-90(68,69)70)28(60)40(84-22)56-20-54-26-34(44)50-18-52-36(26)56;;;;;;;;/h17-22,27-32,39-40,59-62H,5-16H2,1-4H3,(H,45,57)(H,46,58)(H,47,63)(H,48,64)(H,71,72)(H,73,74)(H,75,76)(H,77,78)(H2,43,49,51)(H2,44,50,52)(H2,65,66,67)(H2,68,69,70);;;;;;;;/t21-,22-,27-,28-,29-,30-,31+,32+,39-,40-;;;;;;;;/m1......../s1. The molecule has 8 radical (unpaired) electrons. The molecule has 2 saturated heterocycles. The summed E-state index contributed by atoms with van der Waals surface area (Å²) in [7, 11) is -30.6. The first-order valence-corrected chi connectivity index (χ1v) is 39.0. The van der Waals surface area contributed by atoms with E-state index in [1.165, 1.54) is 49.3 Å². The number of phosphoric ester groups is 6. The summed E-state index contributed by atoms with van der Waals surface area (Å²) in [5.74, 6) is -2.44. The molecule has 2 aliphatic rings. The summed E-state index contributed by atoms with van der Waals surface area (Å²) in [6.07, 6.45) is -14.6. The minimum absolute atomic E-state index is 0. The van der Waals surface area contributed by atoms with E-state index in [9.17, 15) is 106 Å². The third-order valence-corrected chi connectivity index (χ3v) is 21.9. The predicted molar refractivity (Wildman–Crippen MR) is 370 cm³/mol. The fraction of sp³-hybridized carbons (Fsp3) is 0.667. The van der Waals surface area contributed by atoms with Crippen molar-refractivity contribution in [2.24, 2.45) is 10.8 Å². The van der Waals surface area contributed by atoms with Crippen LogP contribution in [0.15, 0.2) is 25.3 Å². The molecule has 0 saturated carbocycles. The number of nitrogens with zero attached hydrogens (tertiary/aromatic N) is 8. The van der Waals surface area contributed by atoms with Gasteiger partial charge < -0.3 is 102 Å². The maximum absolute atomic E-state index is 12.8. The van der Waals surface area contributed by atoms with Crippen molar-refractivity contribution in [3.05, 3.63) is 25.3 Å². The summed E-state index contributed by atoms with van der Waals surface area (Å²) in [4.78, 5) is 153. The van der Waals surface area contributed by atoms with Gasteiger partial charge in [0.15, 0.2) is 35.4 Å². The first kappa shape index (κ1) is 109. The summed E-state index contributed by atoms with van der Waals surface area (Å²) in [5, 5.41) is 53.2. The Balaban J connectivity index is -0.0000128. The summed E-state index contributed by atoms with van der Waals surface area (Å²) in [5.41, 5.74) is 8.26. The Morgan fingerprint density at radius 1 is 0.519 bits per heavy atom. The van der Waals surface area contributed by atoms with Crippen molar-refractivity contribution in [3.63, 3.8) is 0 Å². The number of aliphatic hydroxyl groups is 4. The van der Waals surface area contributed by atoms with Gasteiger partial charge in [0.25, 0.3) is 0 Å². The molecule has 6 rings (SSSR count). The number of nitrogens with one attached hydrogen (secondary N) is 4. The molecular formula is C42H70Li8N14O32P6S2. The molecule has 4 aromatic rings. The molecule has 4 amide bonds. The number of imidazole rings is 2. The van der Waals surface area contributed by atoms with Gasteiger partial charge in [0, 0.05) is 212 Å².